The quantitative estimate of drug-likeness (QED) is 0.298. The van der Waals surface area contributed by atoms with Gasteiger partial charge in [-0.2, -0.15) is 0 Å². The number of primary amides is 1. The summed E-state index contributed by atoms with van der Waals surface area (Å²) in [5.74, 6) is 0.694. The minimum Gasteiger partial charge on any atom is -0.484 e. The van der Waals surface area contributed by atoms with Crippen LogP contribution in [0.25, 0.3) is 0 Å². The van der Waals surface area contributed by atoms with E-state index in [0.717, 1.165) is 5.56 Å². The maximum Gasteiger partial charge on any atom is 0.410 e. The third-order valence-electron chi connectivity index (χ3n) is 3.84. The highest BCUT2D eigenvalue weighted by atomic mass is 127. The maximum atomic E-state index is 12.0. The highest BCUT2D eigenvalue weighted by Gasteiger charge is 2.34. The van der Waals surface area contributed by atoms with E-state index in [-0.39, 0.29) is 42.7 Å². The Bertz CT molecular complexity index is 730. The van der Waals surface area contributed by atoms with Gasteiger partial charge in [0.1, 0.15) is 11.4 Å². The predicted octanol–water partition coefficient (Wildman–Crippen LogP) is 1.45. The molecule has 4 N–H and O–H groups in total. The average Bonchev–Trinajstić information content (AvgIpc) is 2.57. The third-order valence-corrected chi connectivity index (χ3v) is 3.84. The van der Waals surface area contributed by atoms with Gasteiger partial charge in [-0.05, 0) is 38.5 Å². The van der Waals surface area contributed by atoms with E-state index in [1.54, 1.807) is 18.0 Å². The Kier molecular flexibility index (Phi) is 9.47. The summed E-state index contributed by atoms with van der Waals surface area (Å²) in [5, 5.41) is 6.49. The largest absolute Gasteiger partial charge is 0.484 e. The number of nitrogens with two attached hydrogens (primary N) is 1. The van der Waals surface area contributed by atoms with Crippen LogP contribution in [0.15, 0.2) is 29.3 Å². The summed E-state index contributed by atoms with van der Waals surface area (Å²) in [5.41, 5.74) is 5.56. The number of nitrogens with zero attached hydrogens (tertiary/aromatic N) is 2. The lowest BCUT2D eigenvalue weighted by Crippen LogP contribution is -2.63. The van der Waals surface area contributed by atoms with Gasteiger partial charge in [-0.1, -0.05) is 12.1 Å². The molecular weight excluding hydrogens is 489 g/mol. The summed E-state index contributed by atoms with van der Waals surface area (Å²) in [6, 6.07) is 7.48. The van der Waals surface area contributed by atoms with Crippen molar-refractivity contribution >= 4 is 41.9 Å². The first-order valence-corrected chi connectivity index (χ1v) is 9.11. The summed E-state index contributed by atoms with van der Waals surface area (Å²) in [7, 11) is 1.69. The number of carbonyl (C=O) groups is 2. The number of nitrogens with one attached hydrogen (secondary N) is 2. The summed E-state index contributed by atoms with van der Waals surface area (Å²) in [6.07, 6.45) is -0.304. The van der Waals surface area contributed by atoms with E-state index in [2.05, 4.69) is 15.6 Å². The first kappa shape index (κ1) is 24.8. The van der Waals surface area contributed by atoms with Crippen LogP contribution in [0.5, 0.6) is 5.75 Å². The van der Waals surface area contributed by atoms with E-state index >= 15 is 0 Å². The van der Waals surface area contributed by atoms with Crippen molar-refractivity contribution in [2.45, 2.75) is 39.0 Å². The van der Waals surface area contributed by atoms with Crippen LogP contribution in [-0.2, 0) is 16.1 Å². The normalized spacial score (nSPS) is 14.3. The van der Waals surface area contributed by atoms with Gasteiger partial charge in [-0.15, -0.1) is 24.0 Å². The van der Waals surface area contributed by atoms with Gasteiger partial charge in [0.05, 0.1) is 6.04 Å². The molecule has 1 aliphatic heterocycles. The second-order valence-electron chi connectivity index (χ2n) is 7.55. The van der Waals surface area contributed by atoms with E-state index in [0.29, 0.717) is 31.3 Å². The highest BCUT2D eigenvalue weighted by molar-refractivity contribution is 14.0. The SMILES string of the molecule is CN=C(NCc1cccc(OCC(N)=O)c1)NC1CN(C(=O)OC(C)(C)C)C1.I. The van der Waals surface area contributed by atoms with Crippen molar-refractivity contribution in [1.29, 1.82) is 0 Å². The maximum absolute atomic E-state index is 12.0. The third kappa shape index (κ3) is 8.75. The van der Waals surface area contributed by atoms with Crippen molar-refractivity contribution in [3.05, 3.63) is 29.8 Å². The highest BCUT2D eigenvalue weighted by Crippen LogP contribution is 2.15. The smallest absolute Gasteiger partial charge is 0.410 e. The van der Waals surface area contributed by atoms with E-state index in [9.17, 15) is 9.59 Å². The Balaban J connectivity index is 0.00000420. The molecule has 162 valence electrons. The number of carbonyl (C=O) groups excluding carboxylic acids is 2. The van der Waals surface area contributed by atoms with E-state index in [4.69, 9.17) is 15.2 Å². The molecule has 9 nitrogen and oxygen atoms in total. The number of ether oxygens (including phenoxy) is 2. The number of guanidine groups is 1. The van der Waals surface area contributed by atoms with Gasteiger partial charge in [0, 0.05) is 26.7 Å². The molecule has 1 aromatic carbocycles. The molecule has 0 aromatic heterocycles. The second kappa shape index (κ2) is 11.1. The van der Waals surface area contributed by atoms with Crippen molar-refractivity contribution in [3.63, 3.8) is 0 Å². The number of rotatable bonds is 6. The minimum absolute atomic E-state index is 0. The Morgan fingerprint density at radius 1 is 1.31 bits per heavy atom. The molecule has 0 unspecified atom stereocenters. The van der Waals surface area contributed by atoms with Gasteiger partial charge in [0.15, 0.2) is 12.6 Å². The van der Waals surface area contributed by atoms with Crippen LogP contribution < -0.4 is 21.1 Å². The molecule has 1 fully saturated rings. The lowest BCUT2D eigenvalue weighted by Gasteiger charge is -2.40. The van der Waals surface area contributed by atoms with Gasteiger partial charge in [-0.25, -0.2) is 4.79 Å². The van der Waals surface area contributed by atoms with Crippen LogP contribution in [0.2, 0.25) is 0 Å². The number of halogens is 1. The van der Waals surface area contributed by atoms with E-state index in [1.165, 1.54) is 0 Å². The summed E-state index contributed by atoms with van der Waals surface area (Å²) in [6.45, 7) is 7.03. The van der Waals surface area contributed by atoms with Gasteiger partial charge >= 0.3 is 6.09 Å². The number of hydrogen-bond acceptors (Lipinski definition) is 5. The van der Waals surface area contributed by atoms with E-state index in [1.807, 2.05) is 39.0 Å². The molecule has 29 heavy (non-hydrogen) atoms. The van der Waals surface area contributed by atoms with Crippen LogP contribution in [0.1, 0.15) is 26.3 Å². The van der Waals surface area contributed by atoms with Gasteiger partial charge in [0.2, 0.25) is 0 Å². The Morgan fingerprint density at radius 3 is 2.59 bits per heavy atom. The number of aliphatic imine (C=N–C) groups is 1. The molecular formula is C19H30IN5O4. The first-order chi connectivity index (χ1) is 13.2. The van der Waals surface area contributed by atoms with Crippen molar-refractivity contribution < 1.29 is 19.1 Å². The molecule has 0 spiro atoms. The topological polar surface area (TPSA) is 118 Å². The second-order valence-corrected chi connectivity index (χ2v) is 7.55. The zero-order valence-corrected chi connectivity index (χ0v) is 19.6. The molecule has 0 aliphatic carbocycles. The fourth-order valence-electron chi connectivity index (χ4n) is 2.52. The van der Waals surface area contributed by atoms with E-state index < -0.39 is 11.5 Å². The molecule has 0 atom stereocenters. The molecule has 0 bridgehead atoms. The van der Waals surface area contributed by atoms with Crippen LogP contribution in [0.3, 0.4) is 0 Å². The number of hydrogen-bond donors (Lipinski definition) is 3. The van der Waals surface area contributed by atoms with Crippen LogP contribution in [-0.4, -0.2) is 61.2 Å². The number of benzene rings is 1. The Labute approximate surface area is 188 Å². The van der Waals surface area contributed by atoms with Crippen LogP contribution >= 0.6 is 24.0 Å². The monoisotopic (exact) mass is 519 g/mol. The lowest BCUT2D eigenvalue weighted by atomic mass is 10.1. The fourth-order valence-corrected chi connectivity index (χ4v) is 2.52. The lowest BCUT2D eigenvalue weighted by molar-refractivity contribution is -0.119. The zero-order valence-electron chi connectivity index (χ0n) is 17.2. The molecule has 1 aliphatic rings. The molecule has 2 rings (SSSR count). The average molecular weight is 519 g/mol. The first-order valence-electron chi connectivity index (χ1n) is 9.11. The van der Waals surface area contributed by atoms with Gasteiger partial charge < -0.3 is 30.7 Å². The van der Waals surface area contributed by atoms with Crippen molar-refractivity contribution in [2.24, 2.45) is 10.7 Å². The van der Waals surface area contributed by atoms with Crippen molar-refractivity contribution in [2.75, 3.05) is 26.7 Å². The Hall–Kier alpha value is -2.24. The number of amides is 2. The Morgan fingerprint density at radius 2 is 2.00 bits per heavy atom. The van der Waals surface area contributed by atoms with Gasteiger partial charge in [0.25, 0.3) is 5.91 Å². The summed E-state index contributed by atoms with van der Waals surface area (Å²) in [4.78, 5) is 28.6. The van der Waals surface area contributed by atoms with Gasteiger partial charge in [-0.3, -0.25) is 9.79 Å². The molecule has 2 amide bonds. The number of likely N-dealkylation sites (tertiary alicyclic amines) is 1. The predicted molar refractivity (Wildman–Crippen MR) is 121 cm³/mol. The molecule has 1 aromatic rings. The fraction of sp³-hybridized carbons (Fsp3) is 0.526. The molecule has 0 saturated carbocycles. The molecule has 1 saturated heterocycles. The summed E-state index contributed by atoms with van der Waals surface area (Å²) < 4.78 is 10.6. The minimum atomic E-state index is -0.519. The molecule has 0 radical (unpaired) electrons. The zero-order chi connectivity index (χ0) is 20.7. The standard InChI is InChI=1S/C19H29N5O4.HI/c1-19(2,3)28-18(26)24-10-14(11-24)23-17(21-4)22-9-13-6-5-7-15(8-13)27-12-16(20)25;/h5-8,14H,9-12H2,1-4H3,(H2,20,25)(H2,21,22,23);1H. The van der Waals surface area contributed by atoms with Crippen LogP contribution in [0.4, 0.5) is 4.79 Å². The molecule has 1 heterocycles. The van der Waals surface area contributed by atoms with Crippen molar-refractivity contribution in [1.82, 2.24) is 15.5 Å². The van der Waals surface area contributed by atoms with Crippen molar-refractivity contribution in [3.8, 4) is 5.75 Å². The molecule has 10 heteroatoms. The van der Waals surface area contributed by atoms with Crippen LogP contribution in [0, 0.1) is 0 Å². The summed E-state index contributed by atoms with van der Waals surface area (Å²) >= 11 is 0.